The fourth-order valence-electron chi connectivity index (χ4n) is 3.39. The summed E-state index contributed by atoms with van der Waals surface area (Å²) in [7, 11) is -1.92. The zero-order chi connectivity index (χ0) is 22.2. The van der Waals surface area contributed by atoms with Gasteiger partial charge >= 0.3 is 0 Å². The maximum absolute atomic E-state index is 11.7. The minimum Gasteiger partial charge on any atom is -0.494 e. The van der Waals surface area contributed by atoms with E-state index in [-0.39, 0.29) is 0 Å². The van der Waals surface area contributed by atoms with Crippen molar-refractivity contribution in [2.24, 2.45) is 5.73 Å². The van der Waals surface area contributed by atoms with Crippen LogP contribution in [0.1, 0.15) is 10.4 Å². The molecule has 8 nitrogen and oxygen atoms in total. The van der Waals surface area contributed by atoms with Gasteiger partial charge in [0.15, 0.2) is 0 Å². The third kappa shape index (κ3) is 4.22. The van der Waals surface area contributed by atoms with E-state index in [9.17, 15) is 13.2 Å². The molecule has 0 aliphatic rings. The number of pyridine rings is 1. The number of ether oxygens (including phenoxy) is 1. The van der Waals surface area contributed by atoms with Gasteiger partial charge in [0.2, 0.25) is 15.9 Å². The summed E-state index contributed by atoms with van der Waals surface area (Å²) in [5, 5.41) is 4.93. The highest BCUT2D eigenvalue weighted by atomic mass is 32.2. The number of fused-ring (bicyclic) bond motifs is 2. The lowest BCUT2D eigenvalue weighted by Crippen LogP contribution is -2.11. The first-order valence-corrected chi connectivity index (χ1v) is 11.2. The molecule has 4 N–H and O–H groups in total. The second-order valence-electron chi connectivity index (χ2n) is 7.01. The molecule has 0 fully saturated rings. The molecule has 0 unspecified atom stereocenters. The van der Waals surface area contributed by atoms with Crippen LogP contribution in [0.5, 0.6) is 5.75 Å². The normalized spacial score (nSPS) is 11.4. The van der Waals surface area contributed by atoms with Gasteiger partial charge in [-0.05, 0) is 36.4 Å². The number of nitrogens with one attached hydrogen (secondary N) is 2. The Morgan fingerprint density at radius 3 is 2.45 bits per heavy atom. The summed E-state index contributed by atoms with van der Waals surface area (Å²) < 4.78 is 31.0. The highest BCUT2D eigenvalue weighted by Crippen LogP contribution is 2.37. The molecule has 1 amide bonds. The van der Waals surface area contributed by atoms with Crippen LogP contribution < -0.4 is 20.5 Å². The molecular formula is C22H20N4O4S. The molecule has 1 aromatic heterocycles. The fraction of sp³-hybridized carbons (Fsp3) is 0.0909. The number of hydrogen-bond acceptors (Lipinski definition) is 6. The van der Waals surface area contributed by atoms with Crippen LogP contribution in [0.2, 0.25) is 0 Å². The van der Waals surface area contributed by atoms with E-state index >= 15 is 0 Å². The van der Waals surface area contributed by atoms with E-state index in [2.05, 4.69) is 15.0 Å². The van der Waals surface area contributed by atoms with Gasteiger partial charge in [0.1, 0.15) is 5.75 Å². The number of rotatable bonds is 6. The topological polar surface area (TPSA) is 123 Å². The minimum absolute atomic E-state index is 0.368. The van der Waals surface area contributed by atoms with Crippen molar-refractivity contribution in [3.05, 3.63) is 66.2 Å². The minimum atomic E-state index is -3.42. The molecule has 3 aromatic carbocycles. The van der Waals surface area contributed by atoms with Gasteiger partial charge in [-0.15, -0.1) is 0 Å². The third-order valence-electron chi connectivity index (χ3n) is 4.73. The highest BCUT2D eigenvalue weighted by molar-refractivity contribution is 7.92. The zero-order valence-electron chi connectivity index (χ0n) is 16.8. The Labute approximate surface area is 179 Å². The molecule has 0 aliphatic heterocycles. The standard InChI is InChI=1S/C22H20N4O4S/c1-30-20-12-14(26-31(2,28)29)8-10-19(20)25-21-15-5-3-4-6-17(15)24-18-9-7-13(22(23)27)11-16(18)21/h3-12,26H,1-2H3,(H2,23,27)(H,24,25). The van der Waals surface area contributed by atoms with E-state index in [4.69, 9.17) is 10.5 Å². The number of sulfonamides is 1. The lowest BCUT2D eigenvalue weighted by atomic mass is 10.0. The van der Waals surface area contributed by atoms with Crippen LogP contribution in [0.4, 0.5) is 17.1 Å². The fourth-order valence-corrected chi connectivity index (χ4v) is 3.94. The molecule has 1 heterocycles. The van der Waals surface area contributed by atoms with Crippen LogP contribution in [-0.4, -0.2) is 32.7 Å². The number of nitrogens with zero attached hydrogens (tertiary/aromatic N) is 1. The number of methoxy groups -OCH3 is 1. The summed E-state index contributed by atoms with van der Waals surface area (Å²) in [6.07, 6.45) is 1.08. The monoisotopic (exact) mass is 436 g/mol. The molecule has 0 saturated carbocycles. The van der Waals surface area contributed by atoms with Gasteiger partial charge in [0, 0.05) is 22.4 Å². The van der Waals surface area contributed by atoms with Gasteiger partial charge in [-0.1, -0.05) is 18.2 Å². The van der Waals surface area contributed by atoms with Crippen molar-refractivity contribution in [1.82, 2.24) is 4.98 Å². The van der Waals surface area contributed by atoms with Crippen molar-refractivity contribution < 1.29 is 17.9 Å². The molecule has 0 saturated heterocycles. The maximum atomic E-state index is 11.7. The second-order valence-corrected chi connectivity index (χ2v) is 8.76. The van der Waals surface area contributed by atoms with Crippen LogP contribution in [0.25, 0.3) is 21.8 Å². The van der Waals surface area contributed by atoms with Crippen LogP contribution in [0.3, 0.4) is 0 Å². The van der Waals surface area contributed by atoms with E-state index in [1.165, 1.54) is 7.11 Å². The average molecular weight is 436 g/mol. The van der Waals surface area contributed by atoms with Crippen molar-refractivity contribution in [3.63, 3.8) is 0 Å². The summed E-state index contributed by atoms with van der Waals surface area (Å²) in [6, 6.07) is 17.6. The summed E-state index contributed by atoms with van der Waals surface area (Å²) in [5.41, 5.74) is 9.04. The number of primary amides is 1. The van der Waals surface area contributed by atoms with E-state index < -0.39 is 15.9 Å². The molecule has 4 aromatic rings. The summed E-state index contributed by atoms with van der Waals surface area (Å²) in [6.45, 7) is 0. The Balaban J connectivity index is 1.90. The van der Waals surface area contributed by atoms with Gasteiger partial charge < -0.3 is 15.8 Å². The van der Waals surface area contributed by atoms with E-state index in [0.717, 1.165) is 28.2 Å². The Morgan fingerprint density at radius 2 is 1.74 bits per heavy atom. The van der Waals surface area contributed by atoms with Gasteiger partial charge in [-0.3, -0.25) is 9.52 Å². The van der Waals surface area contributed by atoms with Gasteiger partial charge in [0.05, 0.1) is 41.5 Å². The van der Waals surface area contributed by atoms with Crippen molar-refractivity contribution in [2.45, 2.75) is 0 Å². The van der Waals surface area contributed by atoms with E-state index in [1.807, 2.05) is 24.3 Å². The van der Waals surface area contributed by atoms with E-state index in [1.54, 1.807) is 36.4 Å². The molecule has 0 spiro atoms. The quantitative estimate of drug-likeness (QED) is 0.397. The Kier molecular flexibility index (Phi) is 5.12. The predicted octanol–water partition coefficient (Wildman–Crippen LogP) is 3.61. The lowest BCUT2D eigenvalue weighted by molar-refractivity contribution is 0.100. The summed E-state index contributed by atoms with van der Waals surface area (Å²) >= 11 is 0. The van der Waals surface area contributed by atoms with Gasteiger partial charge in [-0.25, -0.2) is 13.4 Å². The molecular weight excluding hydrogens is 416 g/mol. The predicted molar refractivity (Wildman–Crippen MR) is 123 cm³/mol. The number of nitrogens with two attached hydrogens (primary N) is 1. The van der Waals surface area contributed by atoms with Crippen molar-refractivity contribution >= 4 is 54.8 Å². The first-order chi connectivity index (χ1) is 14.7. The van der Waals surface area contributed by atoms with Crippen LogP contribution >= 0.6 is 0 Å². The number of amides is 1. The molecule has 0 aliphatic carbocycles. The van der Waals surface area contributed by atoms with Crippen molar-refractivity contribution in [3.8, 4) is 5.75 Å². The molecule has 0 radical (unpaired) electrons. The van der Waals surface area contributed by atoms with Crippen LogP contribution in [0.15, 0.2) is 60.7 Å². The average Bonchev–Trinajstić information content (AvgIpc) is 2.73. The molecule has 0 bridgehead atoms. The van der Waals surface area contributed by atoms with Crippen molar-refractivity contribution in [2.75, 3.05) is 23.4 Å². The number of hydrogen-bond donors (Lipinski definition) is 3. The van der Waals surface area contributed by atoms with Crippen LogP contribution in [0, 0.1) is 0 Å². The van der Waals surface area contributed by atoms with Gasteiger partial charge in [0.25, 0.3) is 0 Å². The number of benzene rings is 3. The number of para-hydroxylation sites is 1. The maximum Gasteiger partial charge on any atom is 0.248 e. The highest BCUT2D eigenvalue weighted by Gasteiger charge is 2.14. The van der Waals surface area contributed by atoms with Crippen molar-refractivity contribution in [1.29, 1.82) is 0 Å². The smallest absolute Gasteiger partial charge is 0.248 e. The number of carbonyl (C=O) groups excluding carboxylic acids is 1. The largest absolute Gasteiger partial charge is 0.494 e. The molecule has 158 valence electrons. The zero-order valence-corrected chi connectivity index (χ0v) is 17.7. The molecule has 9 heteroatoms. The van der Waals surface area contributed by atoms with Crippen LogP contribution in [-0.2, 0) is 10.0 Å². The molecule has 4 rings (SSSR count). The first-order valence-electron chi connectivity index (χ1n) is 9.30. The number of carbonyl (C=O) groups is 1. The summed E-state index contributed by atoms with van der Waals surface area (Å²) in [4.78, 5) is 16.4. The Morgan fingerprint density at radius 1 is 1.00 bits per heavy atom. The molecule has 31 heavy (non-hydrogen) atoms. The Hall–Kier alpha value is -3.85. The lowest BCUT2D eigenvalue weighted by Gasteiger charge is -2.17. The van der Waals surface area contributed by atoms with Gasteiger partial charge in [-0.2, -0.15) is 0 Å². The third-order valence-corrected chi connectivity index (χ3v) is 5.34. The molecule has 0 atom stereocenters. The SMILES string of the molecule is COc1cc(NS(C)(=O)=O)ccc1Nc1c2ccccc2nc2ccc(C(N)=O)cc12. The number of anilines is 3. The Bertz CT molecular complexity index is 1430. The second kappa shape index (κ2) is 7.77. The first kappa shape index (κ1) is 20.4. The van der Waals surface area contributed by atoms with E-state index in [0.29, 0.717) is 28.2 Å². The number of aromatic nitrogens is 1. The summed E-state index contributed by atoms with van der Waals surface area (Å²) in [5.74, 6) is -0.0939.